The summed E-state index contributed by atoms with van der Waals surface area (Å²) in [6.07, 6.45) is 1.27. The Bertz CT molecular complexity index is 653. The van der Waals surface area contributed by atoms with Crippen molar-refractivity contribution in [3.05, 3.63) is 69.4 Å². The van der Waals surface area contributed by atoms with Crippen molar-refractivity contribution < 1.29 is 9.18 Å². The van der Waals surface area contributed by atoms with Crippen molar-refractivity contribution in [1.29, 1.82) is 0 Å². The fourth-order valence-electron chi connectivity index (χ4n) is 1.54. The number of hydrogen-bond acceptors (Lipinski definition) is 2. The van der Waals surface area contributed by atoms with Crippen LogP contribution in [-0.2, 0) is 0 Å². The largest absolute Gasteiger partial charge is 0.271 e. The van der Waals surface area contributed by atoms with Crippen LogP contribution in [0.15, 0.2) is 52.0 Å². The molecule has 0 fully saturated rings. The number of aryl methyl sites for hydroxylation is 1. The van der Waals surface area contributed by atoms with Gasteiger partial charge in [-0.05, 0) is 37.3 Å². The van der Waals surface area contributed by atoms with Gasteiger partial charge in [0.05, 0.1) is 6.21 Å². The fourth-order valence-corrected chi connectivity index (χ4v) is 1.87. The Morgan fingerprint density at radius 2 is 1.95 bits per heavy atom. The first-order chi connectivity index (χ1) is 9.56. The predicted molar refractivity (Wildman–Crippen MR) is 80.3 cm³/mol. The number of rotatable bonds is 3. The van der Waals surface area contributed by atoms with E-state index >= 15 is 0 Å². The van der Waals surface area contributed by atoms with Gasteiger partial charge in [0.25, 0.3) is 5.91 Å². The lowest BCUT2D eigenvalue weighted by atomic mass is 10.1. The number of benzene rings is 2. The minimum Gasteiger partial charge on any atom is -0.267 e. The van der Waals surface area contributed by atoms with E-state index in [4.69, 9.17) is 0 Å². The molecular formula is C15H12BrFN2O. The highest BCUT2D eigenvalue weighted by Crippen LogP contribution is 2.13. The quantitative estimate of drug-likeness (QED) is 0.675. The molecule has 0 atom stereocenters. The van der Waals surface area contributed by atoms with Crippen LogP contribution in [0.4, 0.5) is 4.39 Å². The molecule has 102 valence electrons. The molecular weight excluding hydrogens is 323 g/mol. The molecule has 20 heavy (non-hydrogen) atoms. The second-order valence-corrected chi connectivity index (χ2v) is 5.15. The molecule has 0 aliphatic carbocycles. The molecule has 3 nitrogen and oxygen atoms in total. The zero-order chi connectivity index (χ0) is 14.5. The molecule has 0 aliphatic rings. The highest BCUT2D eigenvalue weighted by molar-refractivity contribution is 9.10. The Balaban J connectivity index is 2.02. The molecule has 0 radical (unpaired) electrons. The van der Waals surface area contributed by atoms with Crippen LogP contribution in [0.2, 0.25) is 0 Å². The van der Waals surface area contributed by atoms with Crippen LogP contribution in [0.5, 0.6) is 0 Å². The average Bonchev–Trinajstić information content (AvgIpc) is 2.42. The van der Waals surface area contributed by atoms with Gasteiger partial charge < -0.3 is 0 Å². The molecule has 0 unspecified atom stereocenters. The number of amides is 1. The fraction of sp³-hybridized carbons (Fsp3) is 0.0667. The molecule has 0 spiro atoms. The van der Waals surface area contributed by atoms with Gasteiger partial charge in [-0.3, -0.25) is 4.79 Å². The molecule has 0 heterocycles. The van der Waals surface area contributed by atoms with Crippen LogP contribution >= 0.6 is 15.9 Å². The second-order valence-electron chi connectivity index (χ2n) is 4.23. The molecule has 1 N–H and O–H groups in total. The minimum atomic E-state index is -0.410. The van der Waals surface area contributed by atoms with Gasteiger partial charge in [0.15, 0.2) is 0 Å². The maximum atomic E-state index is 13.5. The number of carbonyl (C=O) groups excluding carboxylic acids is 1. The summed E-state index contributed by atoms with van der Waals surface area (Å²) in [6.45, 7) is 1.94. The van der Waals surface area contributed by atoms with Crippen LogP contribution in [0.3, 0.4) is 0 Å². The van der Waals surface area contributed by atoms with Crippen LogP contribution in [0.1, 0.15) is 21.5 Å². The van der Waals surface area contributed by atoms with Crippen molar-refractivity contribution >= 4 is 28.1 Å². The first-order valence-corrected chi connectivity index (χ1v) is 6.70. The maximum Gasteiger partial charge on any atom is 0.271 e. The zero-order valence-electron chi connectivity index (χ0n) is 10.7. The van der Waals surface area contributed by atoms with Gasteiger partial charge in [0.1, 0.15) is 5.82 Å². The lowest BCUT2D eigenvalue weighted by Gasteiger charge is -2.01. The number of hydrogen-bond donors (Lipinski definition) is 1. The predicted octanol–water partition coefficient (Wildman–Crippen LogP) is 3.66. The van der Waals surface area contributed by atoms with E-state index in [1.807, 2.05) is 19.1 Å². The van der Waals surface area contributed by atoms with Crippen molar-refractivity contribution in [2.24, 2.45) is 5.10 Å². The summed E-state index contributed by atoms with van der Waals surface area (Å²) in [5.74, 6) is -0.744. The summed E-state index contributed by atoms with van der Waals surface area (Å²) < 4.78 is 14.2. The zero-order valence-corrected chi connectivity index (χ0v) is 12.3. The van der Waals surface area contributed by atoms with E-state index in [0.29, 0.717) is 15.6 Å². The van der Waals surface area contributed by atoms with Crippen molar-refractivity contribution in [3.63, 3.8) is 0 Å². The lowest BCUT2D eigenvalue weighted by molar-refractivity contribution is 0.0955. The van der Waals surface area contributed by atoms with Crippen molar-refractivity contribution in [2.45, 2.75) is 6.92 Å². The standard InChI is InChI=1S/C15H12BrFN2O/c1-10-2-4-11(5-3-10)15(20)19-18-9-12-6-7-13(16)8-14(12)17/h2-9H,1H3,(H,19,20)/b18-9-. The lowest BCUT2D eigenvalue weighted by Crippen LogP contribution is -2.17. The van der Waals surface area contributed by atoms with Crippen molar-refractivity contribution in [3.8, 4) is 0 Å². The van der Waals surface area contributed by atoms with Crippen LogP contribution < -0.4 is 5.43 Å². The number of halogens is 2. The van der Waals surface area contributed by atoms with Gasteiger partial charge in [-0.1, -0.05) is 33.6 Å². The van der Waals surface area contributed by atoms with Gasteiger partial charge in [-0.25, -0.2) is 9.82 Å². The Morgan fingerprint density at radius 1 is 1.25 bits per heavy atom. The molecule has 0 aromatic heterocycles. The van der Waals surface area contributed by atoms with E-state index in [9.17, 15) is 9.18 Å². The van der Waals surface area contributed by atoms with E-state index < -0.39 is 5.82 Å². The average molecular weight is 335 g/mol. The van der Waals surface area contributed by atoms with Gasteiger partial charge >= 0.3 is 0 Å². The number of carbonyl (C=O) groups is 1. The molecule has 0 saturated carbocycles. The Kier molecular flexibility index (Phi) is 4.63. The van der Waals surface area contributed by atoms with E-state index in [1.165, 1.54) is 12.3 Å². The number of nitrogens with zero attached hydrogens (tertiary/aromatic N) is 1. The number of nitrogens with one attached hydrogen (secondary N) is 1. The molecule has 0 saturated heterocycles. The van der Waals surface area contributed by atoms with Crippen molar-refractivity contribution in [1.82, 2.24) is 5.43 Å². The summed E-state index contributed by atoms with van der Waals surface area (Å²) in [6, 6.07) is 11.7. The summed E-state index contributed by atoms with van der Waals surface area (Å²) in [4.78, 5) is 11.8. The van der Waals surface area contributed by atoms with Crippen molar-refractivity contribution in [2.75, 3.05) is 0 Å². The minimum absolute atomic E-state index is 0.303. The molecule has 0 bridgehead atoms. The van der Waals surface area contributed by atoms with E-state index in [-0.39, 0.29) is 5.91 Å². The molecule has 2 aromatic rings. The van der Waals surface area contributed by atoms with Gasteiger partial charge in [0, 0.05) is 15.6 Å². The van der Waals surface area contributed by atoms with E-state index in [1.54, 1.807) is 24.3 Å². The first kappa shape index (κ1) is 14.4. The van der Waals surface area contributed by atoms with Crippen LogP contribution in [-0.4, -0.2) is 12.1 Å². The SMILES string of the molecule is Cc1ccc(C(=O)N/N=C\c2ccc(Br)cc2F)cc1. The Labute approximate surface area is 124 Å². The third-order valence-electron chi connectivity index (χ3n) is 2.65. The highest BCUT2D eigenvalue weighted by atomic mass is 79.9. The topological polar surface area (TPSA) is 41.5 Å². The highest BCUT2D eigenvalue weighted by Gasteiger charge is 2.03. The van der Waals surface area contributed by atoms with Gasteiger partial charge in [0.2, 0.25) is 0 Å². The van der Waals surface area contributed by atoms with E-state index in [0.717, 1.165) is 5.56 Å². The van der Waals surface area contributed by atoms with Gasteiger partial charge in [-0.15, -0.1) is 0 Å². The molecule has 1 amide bonds. The first-order valence-electron chi connectivity index (χ1n) is 5.91. The summed E-state index contributed by atoms with van der Waals surface area (Å²) in [5, 5.41) is 3.75. The normalized spacial score (nSPS) is 10.8. The number of hydrazone groups is 1. The molecule has 2 rings (SSSR count). The van der Waals surface area contributed by atoms with Crippen LogP contribution in [0.25, 0.3) is 0 Å². The monoisotopic (exact) mass is 334 g/mol. The second kappa shape index (κ2) is 6.43. The van der Waals surface area contributed by atoms with Gasteiger partial charge in [-0.2, -0.15) is 5.10 Å². The molecule has 2 aromatic carbocycles. The Hall–Kier alpha value is -2.01. The third kappa shape index (κ3) is 3.74. The smallest absolute Gasteiger partial charge is 0.267 e. The van der Waals surface area contributed by atoms with Crippen LogP contribution in [0, 0.1) is 12.7 Å². The summed E-state index contributed by atoms with van der Waals surface area (Å²) in [7, 11) is 0. The third-order valence-corrected chi connectivity index (χ3v) is 3.14. The van der Waals surface area contributed by atoms with E-state index in [2.05, 4.69) is 26.5 Å². The molecule has 0 aliphatic heterocycles. The summed E-state index contributed by atoms with van der Waals surface area (Å²) >= 11 is 3.17. The summed E-state index contributed by atoms with van der Waals surface area (Å²) in [5.41, 5.74) is 4.24. The maximum absolute atomic E-state index is 13.5. The Morgan fingerprint density at radius 3 is 2.60 bits per heavy atom. The molecule has 5 heteroatoms.